The van der Waals surface area contributed by atoms with Crippen molar-refractivity contribution in [2.45, 2.75) is 80.7 Å². The number of aryl methyl sites for hydroxylation is 1. The molecule has 0 radical (unpaired) electrons. The second-order valence-electron chi connectivity index (χ2n) is 12.8. The number of thioether (sulfide) groups is 1. The lowest BCUT2D eigenvalue weighted by atomic mass is 9.53. The molecule has 3 atom stereocenters. The molecule has 9 nitrogen and oxygen atoms in total. The fraction of sp³-hybridized carbons (Fsp3) is 0.531. The molecule has 5 aliphatic rings. The van der Waals surface area contributed by atoms with Crippen LogP contribution in [0.3, 0.4) is 0 Å². The molecule has 2 aromatic carbocycles. The molecule has 10 heteroatoms. The fourth-order valence-corrected chi connectivity index (χ4v) is 8.93. The van der Waals surface area contributed by atoms with E-state index in [0.29, 0.717) is 12.2 Å². The number of rotatable bonds is 8. The van der Waals surface area contributed by atoms with Gasteiger partial charge in [-0.2, -0.15) is 0 Å². The molecule has 222 valence electrons. The zero-order chi connectivity index (χ0) is 28.7. The monoisotopic (exact) mass is 589 g/mol. The van der Waals surface area contributed by atoms with E-state index in [9.17, 15) is 9.90 Å². The van der Waals surface area contributed by atoms with Crippen LogP contribution in [0, 0.1) is 17.8 Å². The number of carbonyl (C=O) groups is 1. The number of hydrogen-bond acceptors (Lipinski definition) is 7. The summed E-state index contributed by atoms with van der Waals surface area (Å²) in [6.07, 6.45) is 8.88. The Balaban J connectivity index is 1.06. The van der Waals surface area contributed by atoms with Crippen LogP contribution in [0.25, 0.3) is 0 Å². The number of benzene rings is 2. The van der Waals surface area contributed by atoms with Crippen molar-refractivity contribution >= 4 is 23.5 Å². The number of hydrogen-bond donors (Lipinski definition) is 3. The van der Waals surface area contributed by atoms with Gasteiger partial charge in [0.05, 0.1) is 18.8 Å². The Kier molecular flexibility index (Phi) is 7.73. The maximum atomic E-state index is 13.2. The molecule has 8 rings (SSSR count). The van der Waals surface area contributed by atoms with E-state index in [0.717, 1.165) is 64.6 Å². The lowest BCUT2D eigenvalue weighted by Crippen LogP contribution is -2.60. The summed E-state index contributed by atoms with van der Waals surface area (Å²) in [6.45, 7) is 0.00470. The van der Waals surface area contributed by atoms with E-state index in [-0.39, 0.29) is 30.4 Å². The smallest absolute Gasteiger partial charge is 0.319 e. The van der Waals surface area contributed by atoms with Gasteiger partial charge in [-0.1, -0.05) is 48.2 Å². The van der Waals surface area contributed by atoms with Gasteiger partial charge >= 0.3 is 6.03 Å². The average molecular weight is 590 g/mol. The molecule has 0 spiro atoms. The van der Waals surface area contributed by atoms with Crippen LogP contribution in [0.5, 0.6) is 0 Å². The number of nitrogens with zero attached hydrogens (tertiary/aromatic N) is 3. The molecule has 3 aromatic rings. The lowest BCUT2D eigenvalue weighted by Gasteiger charge is -2.56. The van der Waals surface area contributed by atoms with Crippen LogP contribution in [0.2, 0.25) is 0 Å². The van der Waals surface area contributed by atoms with Crippen LogP contribution in [-0.2, 0) is 23.1 Å². The van der Waals surface area contributed by atoms with Crippen molar-refractivity contribution in [1.29, 1.82) is 0 Å². The van der Waals surface area contributed by atoms with E-state index in [1.54, 1.807) is 18.1 Å². The van der Waals surface area contributed by atoms with Gasteiger partial charge in [0.2, 0.25) is 0 Å². The molecule has 3 N–H and O–H groups in total. The highest BCUT2D eigenvalue weighted by Crippen LogP contribution is 2.55. The first-order valence-corrected chi connectivity index (χ1v) is 16.1. The molecule has 1 aromatic heterocycles. The second kappa shape index (κ2) is 11.6. The van der Waals surface area contributed by atoms with Crippen LogP contribution in [-0.4, -0.2) is 43.3 Å². The highest BCUT2D eigenvalue weighted by molar-refractivity contribution is 7.99. The van der Waals surface area contributed by atoms with Gasteiger partial charge in [0.15, 0.2) is 11.4 Å². The number of aliphatic hydroxyl groups is 1. The number of ether oxygens (including phenoxy) is 2. The van der Waals surface area contributed by atoms with Crippen LogP contribution < -0.4 is 10.6 Å². The normalized spacial score (nSPS) is 31.7. The first-order valence-electron chi connectivity index (χ1n) is 15.1. The summed E-state index contributed by atoms with van der Waals surface area (Å²) in [4.78, 5) is 13.2. The summed E-state index contributed by atoms with van der Waals surface area (Å²) < 4.78 is 14.9. The largest absolute Gasteiger partial charge is 0.392 e. The Labute approximate surface area is 250 Å². The van der Waals surface area contributed by atoms with Crippen molar-refractivity contribution in [1.82, 2.24) is 20.1 Å². The molecule has 42 heavy (non-hydrogen) atoms. The van der Waals surface area contributed by atoms with Crippen LogP contribution in [0.1, 0.15) is 74.0 Å². The topological polar surface area (TPSA) is 111 Å². The van der Waals surface area contributed by atoms with Gasteiger partial charge < -0.3 is 29.8 Å². The van der Waals surface area contributed by atoms with Crippen molar-refractivity contribution in [3.05, 3.63) is 71.5 Å². The average Bonchev–Trinajstić information content (AvgIpc) is 3.39. The summed E-state index contributed by atoms with van der Waals surface area (Å²) in [5, 5.41) is 25.0. The molecule has 4 aliphatic carbocycles. The summed E-state index contributed by atoms with van der Waals surface area (Å²) in [7, 11) is 1.93. The first kappa shape index (κ1) is 27.9. The predicted octanol–water partition coefficient (Wildman–Crippen LogP) is 5.74. The zero-order valence-electron chi connectivity index (χ0n) is 23.9. The molecule has 0 unspecified atom stereocenters. The standard InChI is InChI=1S/C32H39N5O4S/c1-37-19-33-36-31(37)42-18-27-13-28(24-7-5-20(17-38)6-8-24)41-29(40-27)25-3-2-4-26(12-25)34-30(39)35-32-14-21-9-22(15-32)11-23(10-21)16-32/h2-8,12,19,21-23,27-29,38H,9-11,13-18H2,1H3,(H2,34,35,39)/t21?,22?,23?,27-,28+,29+,32?/m0/s1. The van der Waals surface area contributed by atoms with E-state index in [2.05, 4.69) is 20.8 Å². The van der Waals surface area contributed by atoms with Gasteiger partial charge in [-0.3, -0.25) is 0 Å². The van der Waals surface area contributed by atoms with Gasteiger partial charge in [-0.05, 0) is 79.5 Å². The summed E-state index contributed by atoms with van der Waals surface area (Å²) in [5.41, 5.74) is 3.44. The van der Waals surface area contributed by atoms with E-state index in [4.69, 9.17) is 9.47 Å². The lowest BCUT2D eigenvalue weighted by molar-refractivity contribution is -0.245. The van der Waals surface area contributed by atoms with Crippen LogP contribution in [0.4, 0.5) is 10.5 Å². The minimum atomic E-state index is -0.598. The highest BCUT2D eigenvalue weighted by atomic mass is 32.2. The molecule has 4 saturated carbocycles. The van der Waals surface area contributed by atoms with Gasteiger partial charge in [0, 0.05) is 36.0 Å². The van der Waals surface area contributed by atoms with Crippen molar-refractivity contribution in [2.24, 2.45) is 24.8 Å². The summed E-state index contributed by atoms with van der Waals surface area (Å²) in [6, 6.07) is 15.5. The second-order valence-corrected chi connectivity index (χ2v) is 13.8. The van der Waals surface area contributed by atoms with Crippen LogP contribution >= 0.6 is 11.8 Å². The maximum Gasteiger partial charge on any atom is 0.319 e. The molecule has 1 saturated heterocycles. The van der Waals surface area contributed by atoms with Gasteiger partial charge in [0.1, 0.15) is 6.33 Å². The third-order valence-corrected chi connectivity index (χ3v) is 10.7. The minimum Gasteiger partial charge on any atom is -0.392 e. The van der Waals surface area contributed by atoms with Gasteiger partial charge in [-0.15, -0.1) is 10.2 Å². The maximum absolute atomic E-state index is 13.2. The summed E-state index contributed by atoms with van der Waals surface area (Å²) in [5.74, 6) is 3.01. The van der Waals surface area contributed by atoms with Crippen molar-refractivity contribution in [2.75, 3.05) is 11.1 Å². The van der Waals surface area contributed by atoms with Crippen molar-refractivity contribution in [3.8, 4) is 0 Å². The first-order chi connectivity index (χ1) is 20.4. The van der Waals surface area contributed by atoms with E-state index in [1.165, 1.54) is 19.3 Å². The number of urea groups is 1. The molecule has 1 aliphatic heterocycles. The molecule has 4 bridgehead atoms. The highest BCUT2D eigenvalue weighted by Gasteiger charge is 2.51. The Hall–Kier alpha value is -2.92. The number of anilines is 1. The number of carbonyl (C=O) groups excluding carboxylic acids is 1. The van der Waals surface area contributed by atoms with E-state index < -0.39 is 6.29 Å². The number of nitrogens with one attached hydrogen (secondary N) is 2. The Morgan fingerprint density at radius 3 is 2.43 bits per heavy atom. The Morgan fingerprint density at radius 1 is 1.02 bits per heavy atom. The number of amides is 2. The molecular weight excluding hydrogens is 550 g/mol. The third-order valence-electron chi connectivity index (χ3n) is 9.52. The number of aliphatic hydroxyl groups excluding tert-OH is 1. The molecule has 5 fully saturated rings. The van der Waals surface area contributed by atoms with E-state index >= 15 is 0 Å². The molecule has 2 amide bonds. The fourth-order valence-electron chi connectivity index (χ4n) is 8.02. The predicted molar refractivity (Wildman–Crippen MR) is 160 cm³/mol. The summed E-state index contributed by atoms with van der Waals surface area (Å²) >= 11 is 1.61. The Morgan fingerprint density at radius 2 is 1.76 bits per heavy atom. The zero-order valence-corrected chi connectivity index (χ0v) is 24.8. The van der Waals surface area contributed by atoms with Gasteiger partial charge in [0.25, 0.3) is 0 Å². The van der Waals surface area contributed by atoms with Crippen molar-refractivity contribution in [3.63, 3.8) is 0 Å². The Bertz CT molecular complexity index is 1380. The molecule has 2 heterocycles. The van der Waals surface area contributed by atoms with Gasteiger partial charge in [-0.25, -0.2) is 4.79 Å². The number of aromatic nitrogens is 3. The SMILES string of the molecule is Cn1cnnc1SC[C@@H]1C[C@H](c2ccc(CO)cc2)O[C@H](c2cccc(NC(=O)NC34CC5CC(CC(C5)C3)C4)c2)O1. The van der Waals surface area contributed by atoms with Crippen LogP contribution in [0.15, 0.2) is 60.0 Å². The minimum absolute atomic E-state index is 0.00470. The molecular formula is C32H39N5O4S. The quantitative estimate of drug-likeness (QED) is 0.288. The van der Waals surface area contributed by atoms with E-state index in [1.807, 2.05) is 60.1 Å². The van der Waals surface area contributed by atoms with Crippen molar-refractivity contribution < 1.29 is 19.4 Å². The third kappa shape index (κ3) is 5.95.